The zero-order chi connectivity index (χ0) is 18.5. The lowest BCUT2D eigenvalue weighted by Crippen LogP contribution is -2.29. The standard InChI is InChI=1S/C19H19BrFN3O2/c1-2-3-16-18(24-12-14(21)6-9-17(24)23-16)19(25)22-10-11-26-15-7-4-13(20)5-8-15/h4-9,12H,2-3,10-11H2,1H3,(H,22,25). The third kappa shape index (κ3) is 4.22. The zero-order valence-corrected chi connectivity index (χ0v) is 15.9. The number of hydrogen-bond donors (Lipinski definition) is 1. The topological polar surface area (TPSA) is 55.6 Å². The molecule has 0 atom stereocenters. The van der Waals surface area contributed by atoms with Crippen molar-refractivity contribution >= 4 is 27.5 Å². The molecule has 0 spiro atoms. The van der Waals surface area contributed by atoms with Gasteiger partial charge in [0.2, 0.25) is 0 Å². The molecule has 2 aromatic heterocycles. The molecule has 0 saturated carbocycles. The first kappa shape index (κ1) is 18.4. The molecule has 0 fully saturated rings. The lowest BCUT2D eigenvalue weighted by molar-refractivity contribution is 0.0940. The summed E-state index contributed by atoms with van der Waals surface area (Å²) in [7, 11) is 0. The van der Waals surface area contributed by atoms with E-state index >= 15 is 0 Å². The summed E-state index contributed by atoms with van der Waals surface area (Å²) in [6.45, 7) is 2.68. The average molecular weight is 420 g/mol. The van der Waals surface area contributed by atoms with Crippen LogP contribution in [0.15, 0.2) is 47.1 Å². The summed E-state index contributed by atoms with van der Waals surface area (Å²) in [5.74, 6) is 0.0301. The Kier molecular flexibility index (Phi) is 5.88. The number of rotatable bonds is 7. The summed E-state index contributed by atoms with van der Waals surface area (Å²) in [4.78, 5) is 17.1. The molecule has 7 heteroatoms. The van der Waals surface area contributed by atoms with Gasteiger partial charge in [0.05, 0.1) is 12.2 Å². The first-order chi connectivity index (χ1) is 12.6. The average Bonchev–Trinajstić information content (AvgIpc) is 2.97. The van der Waals surface area contributed by atoms with Crippen molar-refractivity contribution in [3.63, 3.8) is 0 Å². The minimum Gasteiger partial charge on any atom is -0.492 e. The van der Waals surface area contributed by atoms with Crippen LogP contribution in [0, 0.1) is 5.82 Å². The number of carbonyl (C=O) groups is 1. The van der Waals surface area contributed by atoms with E-state index in [0.29, 0.717) is 36.6 Å². The van der Waals surface area contributed by atoms with Gasteiger partial charge in [-0.15, -0.1) is 0 Å². The fourth-order valence-corrected chi connectivity index (χ4v) is 2.93. The van der Waals surface area contributed by atoms with E-state index in [-0.39, 0.29) is 5.91 Å². The van der Waals surface area contributed by atoms with Gasteiger partial charge in [-0.1, -0.05) is 29.3 Å². The second kappa shape index (κ2) is 8.31. The number of benzene rings is 1. The zero-order valence-electron chi connectivity index (χ0n) is 14.3. The molecule has 3 rings (SSSR count). The monoisotopic (exact) mass is 419 g/mol. The molecule has 0 radical (unpaired) electrons. The third-order valence-corrected chi connectivity index (χ3v) is 4.36. The van der Waals surface area contributed by atoms with Crippen LogP contribution in [0.25, 0.3) is 5.65 Å². The van der Waals surface area contributed by atoms with Crippen molar-refractivity contribution < 1.29 is 13.9 Å². The van der Waals surface area contributed by atoms with Gasteiger partial charge in [0.15, 0.2) is 0 Å². The van der Waals surface area contributed by atoms with Crippen molar-refractivity contribution in [3.05, 3.63) is 64.3 Å². The Bertz CT molecular complexity index is 909. The van der Waals surface area contributed by atoms with Gasteiger partial charge in [0, 0.05) is 10.7 Å². The third-order valence-electron chi connectivity index (χ3n) is 3.83. The number of halogens is 2. The molecule has 26 heavy (non-hydrogen) atoms. The maximum atomic E-state index is 13.6. The Hall–Kier alpha value is -2.41. The number of amides is 1. The van der Waals surface area contributed by atoms with Crippen molar-refractivity contribution in [2.24, 2.45) is 0 Å². The molecule has 5 nitrogen and oxygen atoms in total. The Morgan fingerprint density at radius 3 is 2.77 bits per heavy atom. The lowest BCUT2D eigenvalue weighted by Gasteiger charge is -2.09. The maximum absolute atomic E-state index is 13.6. The summed E-state index contributed by atoms with van der Waals surface area (Å²) in [5, 5.41) is 2.82. The van der Waals surface area contributed by atoms with Crippen molar-refractivity contribution in [1.29, 1.82) is 0 Å². The molecular weight excluding hydrogens is 401 g/mol. The Morgan fingerprint density at radius 2 is 2.04 bits per heavy atom. The molecule has 0 bridgehead atoms. The number of aromatic nitrogens is 2. The largest absolute Gasteiger partial charge is 0.492 e. The number of pyridine rings is 1. The van der Waals surface area contributed by atoms with E-state index in [9.17, 15) is 9.18 Å². The molecule has 1 amide bonds. The van der Waals surface area contributed by atoms with Crippen LogP contribution < -0.4 is 10.1 Å². The number of hydrogen-bond acceptors (Lipinski definition) is 3. The highest BCUT2D eigenvalue weighted by Gasteiger charge is 2.18. The van der Waals surface area contributed by atoms with Crippen LogP contribution >= 0.6 is 15.9 Å². The predicted octanol–water partition coefficient (Wildman–Crippen LogP) is 4.00. The molecular formula is C19H19BrFN3O2. The number of fused-ring (bicyclic) bond motifs is 1. The van der Waals surface area contributed by atoms with E-state index in [1.165, 1.54) is 16.7 Å². The van der Waals surface area contributed by atoms with Crippen molar-refractivity contribution in [3.8, 4) is 5.75 Å². The van der Waals surface area contributed by atoms with Gasteiger partial charge in [-0.25, -0.2) is 9.37 Å². The van der Waals surface area contributed by atoms with E-state index in [0.717, 1.165) is 16.6 Å². The van der Waals surface area contributed by atoms with Crippen LogP contribution in [0.2, 0.25) is 0 Å². The summed E-state index contributed by atoms with van der Waals surface area (Å²) in [6.07, 6.45) is 2.79. The highest BCUT2D eigenvalue weighted by atomic mass is 79.9. The number of nitrogens with one attached hydrogen (secondary N) is 1. The quantitative estimate of drug-likeness (QED) is 0.588. The van der Waals surface area contributed by atoms with E-state index in [1.807, 2.05) is 31.2 Å². The number of ether oxygens (including phenoxy) is 1. The van der Waals surface area contributed by atoms with Crippen LogP contribution in [0.4, 0.5) is 4.39 Å². The first-order valence-corrected chi connectivity index (χ1v) is 9.21. The molecule has 1 N–H and O–H groups in total. The molecule has 136 valence electrons. The Balaban J connectivity index is 1.67. The minimum atomic E-state index is -0.412. The van der Waals surface area contributed by atoms with Gasteiger partial charge in [-0.05, 0) is 42.8 Å². The van der Waals surface area contributed by atoms with Crippen LogP contribution in [-0.2, 0) is 6.42 Å². The molecule has 1 aromatic carbocycles. The van der Waals surface area contributed by atoms with E-state index < -0.39 is 5.82 Å². The maximum Gasteiger partial charge on any atom is 0.270 e. The highest BCUT2D eigenvalue weighted by molar-refractivity contribution is 9.10. The van der Waals surface area contributed by atoms with Crippen LogP contribution in [-0.4, -0.2) is 28.4 Å². The van der Waals surface area contributed by atoms with Gasteiger partial charge in [0.25, 0.3) is 5.91 Å². The van der Waals surface area contributed by atoms with Gasteiger partial charge in [-0.2, -0.15) is 0 Å². The summed E-state index contributed by atoms with van der Waals surface area (Å²) >= 11 is 3.37. The first-order valence-electron chi connectivity index (χ1n) is 8.41. The second-order valence-electron chi connectivity index (χ2n) is 5.79. The predicted molar refractivity (Wildman–Crippen MR) is 101 cm³/mol. The number of aryl methyl sites for hydroxylation is 1. The van der Waals surface area contributed by atoms with Crippen molar-refractivity contribution in [2.75, 3.05) is 13.2 Å². The van der Waals surface area contributed by atoms with Crippen LogP contribution in [0.5, 0.6) is 5.75 Å². The van der Waals surface area contributed by atoms with E-state index in [4.69, 9.17) is 4.74 Å². The summed E-state index contributed by atoms with van der Waals surface area (Å²) in [5.41, 5.74) is 1.61. The molecule has 0 aliphatic carbocycles. The number of nitrogens with zero attached hydrogens (tertiary/aromatic N) is 2. The molecule has 3 aromatic rings. The van der Waals surface area contributed by atoms with Gasteiger partial charge < -0.3 is 10.1 Å². The van der Waals surface area contributed by atoms with Crippen LogP contribution in [0.1, 0.15) is 29.5 Å². The van der Waals surface area contributed by atoms with Gasteiger partial charge in [-0.3, -0.25) is 9.20 Å². The number of carbonyl (C=O) groups excluding carboxylic acids is 1. The van der Waals surface area contributed by atoms with E-state index in [1.54, 1.807) is 6.07 Å². The second-order valence-corrected chi connectivity index (χ2v) is 6.71. The minimum absolute atomic E-state index is 0.286. The van der Waals surface area contributed by atoms with Crippen molar-refractivity contribution in [2.45, 2.75) is 19.8 Å². The summed E-state index contributed by atoms with van der Waals surface area (Å²) in [6, 6.07) is 10.4. The Morgan fingerprint density at radius 1 is 1.27 bits per heavy atom. The molecule has 0 saturated heterocycles. The molecule has 0 unspecified atom stereocenters. The fraction of sp³-hybridized carbons (Fsp3) is 0.263. The normalized spacial score (nSPS) is 10.9. The van der Waals surface area contributed by atoms with Crippen LogP contribution in [0.3, 0.4) is 0 Å². The van der Waals surface area contributed by atoms with E-state index in [2.05, 4.69) is 26.2 Å². The molecule has 0 aliphatic heterocycles. The smallest absolute Gasteiger partial charge is 0.270 e. The van der Waals surface area contributed by atoms with Crippen molar-refractivity contribution in [1.82, 2.24) is 14.7 Å². The molecule has 2 heterocycles. The highest BCUT2D eigenvalue weighted by Crippen LogP contribution is 2.17. The van der Waals surface area contributed by atoms with Gasteiger partial charge in [0.1, 0.15) is 29.5 Å². The SMILES string of the molecule is CCCc1nc2ccc(F)cn2c1C(=O)NCCOc1ccc(Br)cc1. The Labute approximate surface area is 159 Å². The number of imidazole rings is 1. The fourth-order valence-electron chi connectivity index (χ4n) is 2.67. The summed E-state index contributed by atoms with van der Waals surface area (Å²) < 4.78 is 21.7. The lowest BCUT2D eigenvalue weighted by atomic mass is 10.2. The van der Waals surface area contributed by atoms with Gasteiger partial charge >= 0.3 is 0 Å². The molecule has 0 aliphatic rings.